The van der Waals surface area contributed by atoms with Crippen LogP contribution in [0.2, 0.25) is 0 Å². The number of aromatic nitrogens is 2. The predicted molar refractivity (Wildman–Crippen MR) is 324 cm³/mol. The van der Waals surface area contributed by atoms with Gasteiger partial charge in [-0.2, -0.15) is 0 Å². The Kier molecular flexibility index (Phi) is 9.84. The van der Waals surface area contributed by atoms with Crippen molar-refractivity contribution < 1.29 is 8.83 Å². The Balaban J connectivity index is 0.822. The van der Waals surface area contributed by atoms with Gasteiger partial charge < -0.3 is 27.8 Å². The van der Waals surface area contributed by atoms with E-state index < -0.39 is 0 Å². The number of para-hydroxylation sites is 8. The van der Waals surface area contributed by atoms with Crippen LogP contribution < -0.4 is 9.80 Å². The Morgan fingerprint density at radius 3 is 1.03 bits per heavy atom. The van der Waals surface area contributed by atoms with Gasteiger partial charge in [-0.15, -0.1) is 0 Å². The van der Waals surface area contributed by atoms with Crippen LogP contribution in [0.4, 0.5) is 34.1 Å². The standard InChI is InChI=1S/C72H46N4O2/c1-3-17-49(18-4-1)75-63-27-11-7-21-55(63)61-45-53(41-43-65(61)75)73(67-29-15-25-59-57-23-9-13-31-69(57)77-71(59)67)51-37-33-47(34-38-51)48-35-39-52(40-36-48)74(68-30-16-26-60-58-24-10-14-32-70(58)78-72(60)68)54-42-44-66-62(46-54)56-22-8-12-28-64(56)76(66)50-19-5-2-6-20-50/h1-46H. The highest BCUT2D eigenvalue weighted by Gasteiger charge is 2.24. The molecule has 0 unspecified atom stereocenters. The largest absolute Gasteiger partial charge is 0.454 e. The summed E-state index contributed by atoms with van der Waals surface area (Å²) in [7, 11) is 0. The number of hydrogen-bond donors (Lipinski definition) is 0. The zero-order valence-electron chi connectivity index (χ0n) is 42.2. The molecule has 12 aromatic carbocycles. The molecule has 6 heteroatoms. The highest BCUT2D eigenvalue weighted by atomic mass is 16.3. The number of nitrogens with zero attached hydrogens (tertiary/aromatic N) is 4. The van der Waals surface area contributed by atoms with Gasteiger partial charge in [-0.05, 0) is 132 Å². The van der Waals surface area contributed by atoms with Crippen molar-refractivity contribution in [1.82, 2.24) is 9.13 Å². The summed E-state index contributed by atoms with van der Waals surface area (Å²) < 4.78 is 18.2. The normalized spacial score (nSPS) is 11.8. The van der Waals surface area contributed by atoms with Crippen LogP contribution in [-0.4, -0.2) is 9.13 Å². The summed E-state index contributed by atoms with van der Waals surface area (Å²) >= 11 is 0. The van der Waals surface area contributed by atoms with Gasteiger partial charge >= 0.3 is 0 Å². The number of anilines is 6. The van der Waals surface area contributed by atoms with Gasteiger partial charge in [-0.25, -0.2) is 0 Å². The molecule has 4 heterocycles. The Labute approximate surface area is 448 Å². The van der Waals surface area contributed by atoms with E-state index in [2.05, 4.69) is 286 Å². The van der Waals surface area contributed by atoms with E-state index in [0.717, 1.165) is 112 Å². The molecule has 0 N–H and O–H groups in total. The highest BCUT2D eigenvalue weighted by Crippen LogP contribution is 2.47. The van der Waals surface area contributed by atoms with Crippen molar-refractivity contribution in [3.05, 3.63) is 279 Å². The minimum Gasteiger partial charge on any atom is -0.454 e. The van der Waals surface area contributed by atoms with Crippen molar-refractivity contribution in [2.24, 2.45) is 0 Å². The molecule has 0 saturated heterocycles. The zero-order valence-corrected chi connectivity index (χ0v) is 42.2. The highest BCUT2D eigenvalue weighted by molar-refractivity contribution is 6.15. The van der Waals surface area contributed by atoms with Gasteiger partial charge in [-0.1, -0.05) is 158 Å². The van der Waals surface area contributed by atoms with E-state index in [0.29, 0.717) is 0 Å². The summed E-state index contributed by atoms with van der Waals surface area (Å²) in [6.45, 7) is 0. The summed E-state index contributed by atoms with van der Waals surface area (Å²) in [4.78, 5) is 4.69. The third-order valence-electron chi connectivity index (χ3n) is 15.7. The molecule has 0 spiro atoms. The quantitative estimate of drug-likeness (QED) is 0.145. The lowest BCUT2D eigenvalue weighted by atomic mass is 10.0. The van der Waals surface area contributed by atoms with Gasteiger partial charge in [0, 0.05) is 77.2 Å². The van der Waals surface area contributed by atoms with Crippen LogP contribution in [0.25, 0.3) is 110 Å². The fourth-order valence-corrected chi connectivity index (χ4v) is 12.2. The molecule has 0 radical (unpaired) electrons. The van der Waals surface area contributed by atoms with Crippen LogP contribution in [0.3, 0.4) is 0 Å². The first-order valence-electron chi connectivity index (χ1n) is 26.5. The summed E-state index contributed by atoms with van der Waals surface area (Å²) in [5.41, 5.74) is 18.6. The van der Waals surface area contributed by atoms with Crippen molar-refractivity contribution in [3.8, 4) is 22.5 Å². The number of benzene rings is 12. The van der Waals surface area contributed by atoms with E-state index >= 15 is 0 Å². The van der Waals surface area contributed by atoms with Crippen LogP contribution in [0.15, 0.2) is 288 Å². The van der Waals surface area contributed by atoms with Gasteiger partial charge in [0.2, 0.25) is 0 Å². The fraction of sp³-hybridized carbons (Fsp3) is 0. The van der Waals surface area contributed by atoms with E-state index in [1.165, 1.54) is 32.6 Å². The SMILES string of the molecule is c1ccc(-n2c3ccccc3c3cc(N(c4ccc(-c5ccc(N(c6ccc7c(c6)c6ccccc6n7-c6ccccc6)c6cccc7c6oc6ccccc67)cc5)cc4)c4cccc5c4oc4ccccc45)ccc32)cc1. The second-order valence-electron chi connectivity index (χ2n) is 20.0. The average molecular weight is 999 g/mol. The van der Waals surface area contributed by atoms with Crippen LogP contribution in [0.5, 0.6) is 0 Å². The third kappa shape index (κ3) is 6.83. The molecule has 0 bridgehead atoms. The minimum atomic E-state index is 0.842. The first kappa shape index (κ1) is 43.8. The van der Waals surface area contributed by atoms with E-state index in [9.17, 15) is 0 Å². The second-order valence-corrected chi connectivity index (χ2v) is 20.0. The molecule has 366 valence electrons. The lowest BCUT2D eigenvalue weighted by Gasteiger charge is -2.26. The van der Waals surface area contributed by atoms with Crippen LogP contribution >= 0.6 is 0 Å². The molecule has 78 heavy (non-hydrogen) atoms. The number of fused-ring (bicyclic) bond motifs is 12. The van der Waals surface area contributed by atoms with Gasteiger partial charge in [0.05, 0.1) is 33.4 Å². The summed E-state index contributed by atoms with van der Waals surface area (Å²) in [5, 5.41) is 9.10. The zero-order chi connectivity index (χ0) is 51.3. The van der Waals surface area contributed by atoms with E-state index in [1.54, 1.807) is 0 Å². The molecule has 16 rings (SSSR count). The van der Waals surface area contributed by atoms with Gasteiger partial charge in [-0.3, -0.25) is 0 Å². The number of furan rings is 2. The lowest BCUT2D eigenvalue weighted by Crippen LogP contribution is -2.10. The van der Waals surface area contributed by atoms with E-state index in [4.69, 9.17) is 8.83 Å². The van der Waals surface area contributed by atoms with Crippen LogP contribution in [0.1, 0.15) is 0 Å². The number of hydrogen-bond acceptors (Lipinski definition) is 4. The molecular formula is C72H46N4O2. The Bertz CT molecular complexity index is 4650. The van der Waals surface area contributed by atoms with Crippen molar-refractivity contribution in [1.29, 1.82) is 0 Å². The van der Waals surface area contributed by atoms with Crippen molar-refractivity contribution >= 4 is 122 Å². The van der Waals surface area contributed by atoms with Gasteiger partial charge in [0.25, 0.3) is 0 Å². The lowest BCUT2D eigenvalue weighted by molar-refractivity contribution is 0.668. The summed E-state index contributed by atoms with van der Waals surface area (Å²) in [5.74, 6) is 0. The molecule has 4 aromatic heterocycles. The first-order valence-corrected chi connectivity index (χ1v) is 26.5. The second kappa shape index (κ2) is 17.5. The molecular weight excluding hydrogens is 953 g/mol. The molecule has 0 saturated carbocycles. The molecule has 0 fully saturated rings. The monoisotopic (exact) mass is 998 g/mol. The van der Waals surface area contributed by atoms with Crippen molar-refractivity contribution in [3.63, 3.8) is 0 Å². The molecule has 16 aromatic rings. The molecule has 0 atom stereocenters. The van der Waals surface area contributed by atoms with Crippen molar-refractivity contribution in [2.45, 2.75) is 0 Å². The Hall–Kier alpha value is -10.6. The first-order chi connectivity index (χ1) is 38.7. The van der Waals surface area contributed by atoms with Crippen molar-refractivity contribution in [2.75, 3.05) is 9.80 Å². The predicted octanol–water partition coefficient (Wildman–Crippen LogP) is 20.3. The summed E-state index contributed by atoms with van der Waals surface area (Å²) in [6.07, 6.45) is 0. The topological polar surface area (TPSA) is 42.6 Å². The molecule has 0 aliphatic rings. The maximum atomic E-state index is 6.76. The summed E-state index contributed by atoms with van der Waals surface area (Å²) in [6, 6.07) is 99.8. The smallest absolute Gasteiger partial charge is 0.159 e. The minimum absolute atomic E-state index is 0.842. The van der Waals surface area contributed by atoms with Crippen LogP contribution in [-0.2, 0) is 0 Å². The molecule has 0 aliphatic heterocycles. The third-order valence-corrected chi connectivity index (χ3v) is 15.7. The van der Waals surface area contributed by atoms with Gasteiger partial charge in [0.1, 0.15) is 11.2 Å². The average Bonchev–Trinajstić information content (AvgIpc) is 4.41. The maximum Gasteiger partial charge on any atom is 0.159 e. The van der Waals surface area contributed by atoms with E-state index in [1.807, 2.05) is 12.1 Å². The van der Waals surface area contributed by atoms with Crippen LogP contribution in [0, 0.1) is 0 Å². The maximum absolute atomic E-state index is 6.76. The molecule has 0 amide bonds. The number of rotatable bonds is 9. The molecule has 0 aliphatic carbocycles. The van der Waals surface area contributed by atoms with E-state index in [-0.39, 0.29) is 0 Å². The Morgan fingerprint density at radius 2 is 0.590 bits per heavy atom. The fourth-order valence-electron chi connectivity index (χ4n) is 12.2. The Morgan fingerprint density at radius 1 is 0.244 bits per heavy atom. The molecule has 6 nitrogen and oxygen atoms in total. The van der Waals surface area contributed by atoms with Gasteiger partial charge in [0.15, 0.2) is 11.2 Å².